The molecule has 1 aromatic carbocycles. The van der Waals surface area contributed by atoms with E-state index in [0.29, 0.717) is 11.6 Å². The average Bonchev–Trinajstić information content (AvgIpc) is 3.53. The minimum atomic E-state index is -0.565. The summed E-state index contributed by atoms with van der Waals surface area (Å²) in [7, 11) is 0. The number of hydrogen-bond acceptors (Lipinski definition) is 9. The van der Waals surface area contributed by atoms with Crippen LogP contribution in [0.5, 0.6) is 0 Å². The molecule has 0 bridgehead atoms. The van der Waals surface area contributed by atoms with Gasteiger partial charge < -0.3 is 14.5 Å². The maximum absolute atomic E-state index is 12.6. The summed E-state index contributed by atoms with van der Waals surface area (Å²) in [6, 6.07) is 12.9. The first-order chi connectivity index (χ1) is 15.2. The number of nitrogens with zero attached hydrogens (tertiary/aromatic N) is 4. The van der Waals surface area contributed by atoms with Gasteiger partial charge in [0.2, 0.25) is 5.91 Å². The lowest BCUT2D eigenvalue weighted by Gasteiger charge is -2.10. The molecule has 0 aliphatic carbocycles. The van der Waals surface area contributed by atoms with E-state index in [0.717, 1.165) is 16.6 Å². The average molecular weight is 456 g/mol. The lowest BCUT2D eigenvalue weighted by Crippen LogP contribution is -2.19. The van der Waals surface area contributed by atoms with E-state index in [1.54, 1.807) is 6.92 Å². The topological polar surface area (TPSA) is 112 Å². The van der Waals surface area contributed by atoms with Gasteiger partial charge in [0.05, 0.1) is 29.1 Å². The maximum atomic E-state index is 12.6. The predicted octanol–water partition coefficient (Wildman–Crippen LogP) is 3.89. The number of benzene rings is 1. The van der Waals surface area contributed by atoms with Crippen LogP contribution in [0.15, 0.2) is 63.7 Å². The Labute approximate surface area is 185 Å². The number of nitrogens with one attached hydrogen (secondary N) is 1. The van der Waals surface area contributed by atoms with Gasteiger partial charge in [-0.2, -0.15) is 5.10 Å². The predicted molar refractivity (Wildman–Crippen MR) is 116 cm³/mol. The van der Waals surface area contributed by atoms with Gasteiger partial charge in [0.25, 0.3) is 11.1 Å². The highest BCUT2D eigenvalue weighted by molar-refractivity contribution is 7.99. The Bertz CT molecular complexity index is 1170. The zero-order valence-corrected chi connectivity index (χ0v) is 18.0. The zero-order valence-electron chi connectivity index (χ0n) is 16.3. The van der Waals surface area contributed by atoms with Crippen molar-refractivity contribution in [3.63, 3.8) is 0 Å². The Hall–Kier alpha value is -3.44. The molecule has 0 unspecified atom stereocenters. The van der Waals surface area contributed by atoms with Gasteiger partial charge in [-0.1, -0.05) is 36.0 Å². The Morgan fingerprint density at radius 1 is 1.19 bits per heavy atom. The normalized spacial score (nSPS) is 10.7. The lowest BCUT2D eigenvalue weighted by atomic mass is 10.3. The number of hydrogen-bond donors (Lipinski definition) is 1. The maximum Gasteiger partial charge on any atom is 0.343 e. The van der Waals surface area contributed by atoms with Gasteiger partial charge in [0, 0.05) is 0 Å². The van der Waals surface area contributed by atoms with Crippen LogP contribution in [0.25, 0.3) is 16.5 Å². The number of carbonyl (C=O) groups excluding carboxylic acids is 2. The molecule has 1 amide bonds. The number of amides is 1. The molecule has 0 saturated carbocycles. The SMILES string of the molecule is CCOC(=O)c1cnn(-c2ccccc2)c1NC(=O)CSc1nnc(-c2cccs2)o1. The molecule has 0 fully saturated rings. The highest BCUT2D eigenvalue weighted by atomic mass is 32.2. The molecule has 4 aromatic rings. The monoisotopic (exact) mass is 455 g/mol. The second kappa shape index (κ2) is 9.58. The molecule has 31 heavy (non-hydrogen) atoms. The fourth-order valence-electron chi connectivity index (χ4n) is 2.66. The number of ether oxygens (including phenoxy) is 1. The summed E-state index contributed by atoms with van der Waals surface area (Å²) in [5, 5.41) is 17.1. The number of para-hydroxylation sites is 1. The Kier molecular flexibility index (Phi) is 6.43. The van der Waals surface area contributed by atoms with E-state index in [2.05, 4.69) is 20.6 Å². The van der Waals surface area contributed by atoms with Crippen molar-refractivity contribution in [2.75, 3.05) is 17.7 Å². The summed E-state index contributed by atoms with van der Waals surface area (Å²) < 4.78 is 12.1. The zero-order chi connectivity index (χ0) is 21.6. The minimum absolute atomic E-state index is 0.00824. The van der Waals surface area contributed by atoms with E-state index in [1.807, 2.05) is 47.8 Å². The smallest absolute Gasteiger partial charge is 0.343 e. The van der Waals surface area contributed by atoms with E-state index < -0.39 is 5.97 Å². The van der Waals surface area contributed by atoms with Crippen molar-refractivity contribution < 1.29 is 18.7 Å². The molecule has 0 spiro atoms. The highest BCUT2D eigenvalue weighted by Gasteiger charge is 2.22. The summed E-state index contributed by atoms with van der Waals surface area (Å²) in [6.07, 6.45) is 1.37. The molecule has 0 radical (unpaired) electrons. The molecule has 9 nitrogen and oxygen atoms in total. The van der Waals surface area contributed by atoms with Crippen LogP contribution >= 0.6 is 23.1 Å². The van der Waals surface area contributed by atoms with Gasteiger partial charge in [0.15, 0.2) is 5.82 Å². The first kappa shape index (κ1) is 20.8. The van der Waals surface area contributed by atoms with Gasteiger partial charge in [0.1, 0.15) is 5.56 Å². The molecule has 158 valence electrons. The van der Waals surface area contributed by atoms with Crippen molar-refractivity contribution in [1.82, 2.24) is 20.0 Å². The quantitative estimate of drug-likeness (QED) is 0.315. The molecular formula is C20H17N5O4S2. The molecule has 0 aliphatic heterocycles. The highest BCUT2D eigenvalue weighted by Crippen LogP contribution is 2.27. The van der Waals surface area contributed by atoms with Crippen LogP contribution in [-0.2, 0) is 9.53 Å². The summed E-state index contributed by atoms with van der Waals surface area (Å²) in [4.78, 5) is 25.8. The number of thiophene rings is 1. The van der Waals surface area contributed by atoms with Gasteiger partial charge in [-0.05, 0) is 30.5 Å². The van der Waals surface area contributed by atoms with Gasteiger partial charge >= 0.3 is 5.97 Å². The second-order valence-electron chi connectivity index (χ2n) is 6.06. The van der Waals surface area contributed by atoms with Crippen LogP contribution in [0.1, 0.15) is 17.3 Å². The van der Waals surface area contributed by atoms with Crippen LogP contribution in [0.2, 0.25) is 0 Å². The standard InChI is InChI=1S/C20H17N5O4S2/c1-2-28-19(27)14-11-21-25(13-7-4-3-5-8-13)17(14)22-16(26)12-31-20-24-23-18(29-20)15-9-6-10-30-15/h3-11H,2,12H2,1H3,(H,22,26). The van der Waals surface area contributed by atoms with E-state index >= 15 is 0 Å². The lowest BCUT2D eigenvalue weighted by molar-refractivity contribution is -0.113. The summed E-state index contributed by atoms with van der Waals surface area (Å²) in [5.74, 6) is -0.271. The fourth-order valence-corrected chi connectivity index (χ4v) is 3.86. The van der Waals surface area contributed by atoms with Crippen molar-refractivity contribution in [3.8, 4) is 16.5 Å². The van der Waals surface area contributed by atoms with Crippen molar-refractivity contribution in [2.45, 2.75) is 12.1 Å². The third-order valence-electron chi connectivity index (χ3n) is 3.99. The van der Waals surface area contributed by atoms with Crippen LogP contribution in [0.3, 0.4) is 0 Å². The van der Waals surface area contributed by atoms with Crippen molar-refractivity contribution >= 4 is 40.8 Å². The molecule has 0 saturated heterocycles. The number of rotatable bonds is 8. The van der Waals surface area contributed by atoms with Gasteiger partial charge in [-0.25, -0.2) is 9.48 Å². The first-order valence-electron chi connectivity index (χ1n) is 9.26. The molecule has 3 heterocycles. The molecule has 4 rings (SSSR count). The Morgan fingerprint density at radius 3 is 2.77 bits per heavy atom. The van der Waals surface area contributed by atoms with Crippen molar-refractivity contribution in [1.29, 1.82) is 0 Å². The number of esters is 1. The molecule has 0 atom stereocenters. The third-order valence-corrected chi connectivity index (χ3v) is 5.66. The van der Waals surface area contributed by atoms with Crippen LogP contribution < -0.4 is 5.32 Å². The Balaban J connectivity index is 1.49. The number of anilines is 1. The van der Waals surface area contributed by atoms with E-state index in [9.17, 15) is 9.59 Å². The fraction of sp³-hybridized carbons (Fsp3) is 0.150. The van der Waals surface area contributed by atoms with Gasteiger partial charge in [-0.15, -0.1) is 21.5 Å². The molecular weight excluding hydrogens is 438 g/mol. The van der Waals surface area contributed by atoms with Crippen molar-refractivity contribution in [3.05, 3.63) is 59.6 Å². The van der Waals surface area contributed by atoms with E-state index in [1.165, 1.54) is 22.2 Å². The number of carbonyl (C=O) groups is 2. The second-order valence-corrected chi connectivity index (χ2v) is 7.94. The molecule has 11 heteroatoms. The number of thioether (sulfide) groups is 1. The van der Waals surface area contributed by atoms with E-state index in [-0.39, 0.29) is 34.9 Å². The Morgan fingerprint density at radius 2 is 2.03 bits per heavy atom. The van der Waals surface area contributed by atoms with Crippen LogP contribution in [-0.4, -0.2) is 44.2 Å². The largest absolute Gasteiger partial charge is 0.462 e. The first-order valence-corrected chi connectivity index (χ1v) is 11.1. The molecule has 1 N–H and O–H groups in total. The molecule has 3 aromatic heterocycles. The summed E-state index contributed by atoms with van der Waals surface area (Å²) in [5.41, 5.74) is 0.861. The van der Waals surface area contributed by atoms with Crippen LogP contribution in [0, 0.1) is 0 Å². The van der Waals surface area contributed by atoms with Gasteiger partial charge in [-0.3, -0.25) is 4.79 Å². The molecule has 0 aliphatic rings. The third kappa shape index (κ3) is 4.84. The van der Waals surface area contributed by atoms with Crippen LogP contribution in [0.4, 0.5) is 5.82 Å². The summed E-state index contributed by atoms with van der Waals surface area (Å²) in [6.45, 7) is 1.92. The number of aromatic nitrogens is 4. The minimum Gasteiger partial charge on any atom is -0.462 e. The van der Waals surface area contributed by atoms with Crippen molar-refractivity contribution in [2.24, 2.45) is 0 Å². The summed E-state index contributed by atoms with van der Waals surface area (Å²) >= 11 is 2.59. The van der Waals surface area contributed by atoms with E-state index in [4.69, 9.17) is 9.15 Å².